The normalized spacial score (nSPS) is 10.7. The molecule has 0 fully saturated rings. The first-order valence-corrected chi connectivity index (χ1v) is 7.99. The first-order valence-electron chi connectivity index (χ1n) is 6.08. The highest BCUT2D eigenvalue weighted by Gasteiger charge is 2.17. The van der Waals surface area contributed by atoms with Crippen LogP contribution in [0.4, 0.5) is 5.69 Å². The van der Waals surface area contributed by atoms with Crippen molar-refractivity contribution < 1.29 is 9.66 Å². The van der Waals surface area contributed by atoms with Gasteiger partial charge in [0.25, 0.3) is 0 Å². The first kappa shape index (κ1) is 16.0. The molecule has 0 saturated carbocycles. The van der Waals surface area contributed by atoms with E-state index < -0.39 is 4.92 Å². The maximum Gasteiger partial charge on any atom is 0.310 e. The second-order valence-electron chi connectivity index (χ2n) is 4.45. The van der Waals surface area contributed by atoms with E-state index in [1.807, 2.05) is 6.92 Å². The van der Waals surface area contributed by atoms with Crippen LogP contribution in [0.5, 0.6) is 5.75 Å². The summed E-state index contributed by atoms with van der Waals surface area (Å²) < 4.78 is 8.19. The number of aromatic nitrogens is 2. The van der Waals surface area contributed by atoms with E-state index in [-0.39, 0.29) is 18.0 Å². The third-order valence-electron chi connectivity index (χ3n) is 3.00. The molecule has 0 saturated heterocycles. The Morgan fingerprint density at radius 3 is 2.71 bits per heavy atom. The van der Waals surface area contributed by atoms with Crippen molar-refractivity contribution in [3.63, 3.8) is 0 Å². The van der Waals surface area contributed by atoms with Gasteiger partial charge in [0, 0.05) is 18.4 Å². The van der Waals surface area contributed by atoms with Gasteiger partial charge in [0.15, 0.2) is 5.75 Å². The molecule has 112 valence electrons. The standard InChI is InChI=1S/C13H13Br2N3O3/c1-8-13(15)11(17(2)16-8)7-21-12-5-9(6-14)3-4-10(12)18(19)20/h3-5H,6-7H2,1-2H3. The fraction of sp³-hybridized carbons (Fsp3) is 0.308. The first-order chi connectivity index (χ1) is 9.93. The van der Waals surface area contributed by atoms with Gasteiger partial charge in [-0.25, -0.2) is 0 Å². The molecule has 0 atom stereocenters. The minimum atomic E-state index is -0.448. The number of halogens is 2. The predicted molar refractivity (Wildman–Crippen MR) is 85.7 cm³/mol. The second kappa shape index (κ2) is 6.57. The fourth-order valence-corrected chi connectivity index (χ4v) is 2.69. The number of nitro groups is 1. The van der Waals surface area contributed by atoms with Crippen LogP contribution in [0.3, 0.4) is 0 Å². The van der Waals surface area contributed by atoms with E-state index in [9.17, 15) is 10.1 Å². The number of nitrogens with zero attached hydrogens (tertiary/aromatic N) is 3. The highest BCUT2D eigenvalue weighted by Crippen LogP contribution is 2.30. The quantitative estimate of drug-likeness (QED) is 0.419. The molecule has 0 aliphatic carbocycles. The summed E-state index contributed by atoms with van der Waals surface area (Å²) in [5, 5.41) is 15.9. The number of benzene rings is 1. The van der Waals surface area contributed by atoms with Crippen LogP contribution in [0.1, 0.15) is 17.0 Å². The van der Waals surface area contributed by atoms with Crippen molar-refractivity contribution in [1.29, 1.82) is 0 Å². The molecule has 2 aromatic rings. The largest absolute Gasteiger partial charge is 0.480 e. The average molecular weight is 419 g/mol. The van der Waals surface area contributed by atoms with Gasteiger partial charge in [-0.15, -0.1) is 0 Å². The van der Waals surface area contributed by atoms with Gasteiger partial charge in [-0.1, -0.05) is 22.0 Å². The Kier molecular flexibility index (Phi) is 5.00. The molecule has 0 amide bonds. The van der Waals surface area contributed by atoms with Gasteiger partial charge in [-0.05, 0) is 34.5 Å². The van der Waals surface area contributed by atoms with Crippen LogP contribution in [0.2, 0.25) is 0 Å². The zero-order valence-corrected chi connectivity index (χ0v) is 14.6. The lowest BCUT2D eigenvalue weighted by Crippen LogP contribution is -2.05. The SMILES string of the molecule is Cc1nn(C)c(COc2cc(CBr)ccc2[N+](=O)[O-])c1Br. The fourth-order valence-electron chi connectivity index (χ4n) is 1.89. The smallest absolute Gasteiger partial charge is 0.310 e. The number of nitro benzene ring substituents is 1. The summed E-state index contributed by atoms with van der Waals surface area (Å²) in [7, 11) is 1.81. The molecule has 0 aliphatic heterocycles. The van der Waals surface area contributed by atoms with Gasteiger partial charge in [0.2, 0.25) is 0 Å². The molecular weight excluding hydrogens is 406 g/mol. The molecule has 8 heteroatoms. The van der Waals surface area contributed by atoms with Gasteiger partial charge in [0.1, 0.15) is 6.61 Å². The Balaban J connectivity index is 2.28. The van der Waals surface area contributed by atoms with Crippen molar-refractivity contribution in [1.82, 2.24) is 9.78 Å². The molecular formula is C13H13Br2N3O3. The zero-order chi connectivity index (χ0) is 15.6. The van der Waals surface area contributed by atoms with E-state index in [1.165, 1.54) is 6.07 Å². The summed E-state index contributed by atoms with van der Waals surface area (Å²) in [6, 6.07) is 4.82. The molecule has 0 radical (unpaired) electrons. The molecule has 21 heavy (non-hydrogen) atoms. The summed E-state index contributed by atoms with van der Waals surface area (Å²) in [6.07, 6.45) is 0. The molecule has 1 aromatic heterocycles. The van der Waals surface area contributed by atoms with E-state index in [4.69, 9.17) is 4.74 Å². The zero-order valence-electron chi connectivity index (χ0n) is 11.5. The summed E-state index contributed by atoms with van der Waals surface area (Å²) >= 11 is 6.77. The topological polar surface area (TPSA) is 70.2 Å². The van der Waals surface area contributed by atoms with Crippen molar-refractivity contribution in [3.8, 4) is 5.75 Å². The minimum absolute atomic E-state index is 0.0466. The Morgan fingerprint density at radius 1 is 1.48 bits per heavy atom. The Labute approximate surface area is 138 Å². The third-order valence-corrected chi connectivity index (χ3v) is 4.68. The Morgan fingerprint density at radius 2 is 2.19 bits per heavy atom. The maximum absolute atomic E-state index is 11.1. The molecule has 1 heterocycles. The second-order valence-corrected chi connectivity index (χ2v) is 5.80. The third kappa shape index (κ3) is 3.44. The van der Waals surface area contributed by atoms with Crippen molar-refractivity contribution in [2.24, 2.45) is 7.05 Å². The van der Waals surface area contributed by atoms with Gasteiger partial charge in [-0.3, -0.25) is 14.8 Å². The maximum atomic E-state index is 11.1. The van der Waals surface area contributed by atoms with Gasteiger partial charge in [0.05, 0.1) is 20.8 Å². The number of alkyl halides is 1. The predicted octanol–water partition coefficient (Wildman–Crippen LogP) is 3.87. The lowest BCUT2D eigenvalue weighted by molar-refractivity contribution is -0.386. The molecule has 0 bridgehead atoms. The lowest BCUT2D eigenvalue weighted by atomic mass is 10.2. The van der Waals surface area contributed by atoms with Crippen LogP contribution < -0.4 is 4.74 Å². The molecule has 6 nitrogen and oxygen atoms in total. The number of hydrogen-bond acceptors (Lipinski definition) is 4. The van der Waals surface area contributed by atoms with E-state index in [1.54, 1.807) is 23.9 Å². The van der Waals surface area contributed by atoms with Crippen LogP contribution in [0, 0.1) is 17.0 Å². The minimum Gasteiger partial charge on any atom is -0.480 e. The van der Waals surface area contributed by atoms with Crippen LogP contribution >= 0.6 is 31.9 Å². The van der Waals surface area contributed by atoms with Crippen molar-refractivity contribution in [2.75, 3.05) is 0 Å². The number of hydrogen-bond donors (Lipinski definition) is 0. The van der Waals surface area contributed by atoms with Crippen LogP contribution in [0.25, 0.3) is 0 Å². The van der Waals surface area contributed by atoms with Gasteiger partial charge in [-0.2, -0.15) is 5.10 Å². The lowest BCUT2D eigenvalue weighted by Gasteiger charge is -2.09. The summed E-state index contributed by atoms with van der Waals surface area (Å²) in [5.74, 6) is 0.253. The van der Waals surface area contributed by atoms with Gasteiger partial charge < -0.3 is 4.74 Å². The van der Waals surface area contributed by atoms with E-state index in [0.29, 0.717) is 5.33 Å². The number of rotatable bonds is 5. The summed E-state index contributed by atoms with van der Waals surface area (Å²) in [4.78, 5) is 10.6. The van der Waals surface area contributed by atoms with Crippen LogP contribution in [-0.2, 0) is 19.0 Å². The number of ether oxygens (including phenoxy) is 1. The van der Waals surface area contributed by atoms with E-state index >= 15 is 0 Å². The molecule has 0 N–H and O–H groups in total. The summed E-state index contributed by atoms with van der Waals surface area (Å²) in [5.41, 5.74) is 2.54. The molecule has 0 aliphatic rings. The molecule has 0 spiro atoms. The highest BCUT2D eigenvalue weighted by atomic mass is 79.9. The average Bonchev–Trinajstić information content (AvgIpc) is 2.69. The summed E-state index contributed by atoms with van der Waals surface area (Å²) in [6.45, 7) is 2.08. The number of aryl methyl sites for hydroxylation is 2. The highest BCUT2D eigenvalue weighted by molar-refractivity contribution is 9.10. The Hall–Kier alpha value is -1.41. The van der Waals surface area contributed by atoms with Crippen molar-refractivity contribution in [3.05, 3.63) is 49.7 Å². The molecule has 0 unspecified atom stereocenters. The van der Waals surface area contributed by atoms with Crippen LogP contribution in [-0.4, -0.2) is 14.7 Å². The van der Waals surface area contributed by atoms with Crippen molar-refractivity contribution >= 4 is 37.5 Å². The molecule has 1 aromatic carbocycles. The van der Waals surface area contributed by atoms with E-state index in [0.717, 1.165) is 21.4 Å². The molecule has 2 rings (SSSR count). The van der Waals surface area contributed by atoms with Crippen molar-refractivity contribution in [2.45, 2.75) is 18.9 Å². The van der Waals surface area contributed by atoms with Gasteiger partial charge >= 0.3 is 5.69 Å². The monoisotopic (exact) mass is 417 g/mol. The van der Waals surface area contributed by atoms with E-state index in [2.05, 4.69) is 37.0 Å². The van der Waals surface area contributed by atoms with Crippen LogP contribution in [0.15, 0.2) is 22.7 Å². The Bertz CT molecular complexity index is 686.